The molecule has 3 N–H and O–H groups in total. The second kappa shape index (κ2) is 18.3. The van der Waals surface area contributed by atoms with Crippen LogP contribution in [0.1, 0.15) is 105 Å². The number of ether oxygens (including phenoxy) is 6. The number of methoxy groups -OCH3 is 1. The molecule has 1 aliphatic heterocycles. The van der Waals surface area contributed by atoms with Crippen LogP contribution in [0.4, 0.5) is 4.79 Å². The Labute approximate surface area is 318 Å². The quantitative estimate of drug-likeness (QED) is 0.173. The molecular formula is C40H58N2O12. The van der Waals surface area contributed by atoms with Crippen LogP contribution in [0.3, 0.4) is 0 Å². The highest BCUT2D eigenvalue weighted by molar-refractivity contribution is 5.86. The highest BCUT2D eigenvalue weighted by atomic mass is 16.6. The number of carbonyl (C=O) groups is 5. The summed E-state index contributed by atoms with van der Waals surface area (Å²) in [6, 6.07) is 2.78. The lowest BCUT2D eigenvalue weighted by Crippen LogP contribution is -2.49. The lowest BCUT2D eigenvalue weighted by Gasteiger charge is -2.43. The lowest BCUT2D eigenvalue weighted by atomic mass is 9.67. The van der Waals surface area contributed by atoms with E-state index in [1.807, 2.05) is 26.0 Å². The van der Waals surface area contributed by atoms with Crippen LogP contribution in [-0.2, 0) is 51.0 Å². The van der Waals surface area contributed by atoms with E-state index in [4.69, 9.17) is 28.4 Å². The molecule has 6 bridgehead atoms. The van der Waals surface area contributed by atoms with Crippen LogP contribution >= 0.6 is 0 Å². The first kappa shape index (κ1) is 42.4. The summed E-state index contributed by atoms with van der Waals surface area (Å²) < 4.78 is 33.8. The summed E-state index contributed by atoms with van der Waals surface area (Å²) in [5.74, 6) is -1.04. The number of hydrogen-bond donors (Lipinski definition) is 3. The minimum absolute atomic E-state index is 0.0366. The van der Waals surface area contributed by atoms with Crippen molar-refractivity contribution in [1.29, 1.82) is 0 Å². The average Bonchev–Trinajstić information content (AvgIpc) is 3.08. The van der Waals surface area contributed by atoms with E-state index in [1.54, 1.807) is 34.0 Å². The van der Waals surface area contributed by atoms with Crippen LogP contribution in [0.2, 0.25) is 0 Å². The molecule has 2 aliphatic carbocycles. The molecule has 1 heterocycles. The number of aliphatic hydroxyl groups is 1. The molecule has 1 aromatic carbocycles. The molecule has 6 atom stereocenters. The van der Waals surface area contributed by atoms with E-state index in [0.29, 0.717) is 17.9 Å². The zero-order chi connectivity index (χ0) is 39.8. The predicted molar refractivity (Wildman–Crippen MR) is 196 cm³/mol. The molecule has 1 aromatic rings. The van der Waals surface area contributed by atoms with Crippen LogP contribution < -0.4 is 20.1 Å². The van der Waals surface area contributed by atoms with E-state index in [2.05, 4.69) is 17.6 Å². The largest absolute Gasteiger partial charge is 0.493 e. The molecule has 300 valence electrons. The van der Waals surface area contributed by atoms with E-state index in [0.717, 1.165) is 30.4 Å². The van der Waals surface area contributed by atoms with Crippen molar-refractivity contribution in [3.63, 3.8) is 0 Å². The van der Waals surface area contributed by atoms with Gasteiger partial charge in [-0.3, -0.25) is 14.4 Å². The van der Waals surface area contributed by atoms with E-state index < -0.39 is 59.4 Å². The second-order valence-corrected chi connectivity index (χ2v) is 16.0. The third kappa shape index (κ3) is 11.6. The minimum Gasteiger partial charge on any atom is -0.493 e. The Morgan fingerprint density at radius 1 is 1.07 bits per heavy atom. The van der Waals surface area contributed by atoms with E-state index >= 15 is 0 Å². The van der Waals surface area contributed by atoms with Gasteiger partial charge in [0.05, 0.1) is 25.7 Å². The van der Waals surface area contributed by atoms with Crippen molar-refractivity contribution in [2.24, 2.45) is 17.8 Å². The lowest BCUT2D eigenvalue weighted by molar-refractivity contribution is -0.165. The van der Waals surface area contributed by atoms with E-state index in [9.17, 15) is 29.1 Å². The smallest absolute Gasteiger partial charge is 0.408 e. The first-order valence-electron chi connectivity index (χ1n) is 19.0. The third-order valence-electron chi connectivity index (χ3n) is 9.93. The zero-order valence-corrected chi connectivity index (χ0v) is 32.9. The topological polar surface area (TPSA) is 185 Å². The SMILES string of the molecule is COc1ccc2c3c1O[C@@H]1C[C@@](O)(CC=C1OC(=O)[C@H](C)OC(=O)CCNC(=O)[C@H](CCC(=O)OCC(C)C)NC(=O)OC(C)(C)C)[C@@H](C2)C(C)CCC3. The van der Waals surface area contributed by atoms with Crippen molar-refractivity contribution in [3.05, 3.63) is 35.1 Å². The van der Waals surface area contributed by atoms with Crippen molar-refractivity contribution in [2.75, 3.05) is 20.3 Å². The monoisotopic (exact) mass is 758 g/mol. The highest BCUT2D eigenvalue weighted by Gasteiger charge is 2.48. The number of esters is 3. The maximum absolute atomic E-state index is 13.3. The maximum Gasteiger partial charge on any atom is 0.408 e. The molecule has 4 rings (SSSR count). The van der Waals surface area contributed by atoms with Gasteiger partial charge in [-0.25, -0.2) is 9.59 Å². The molecule has 1 unspecified atom stereocenters. The standard InChI is InChI=1S/C40H58N2O12/c1-23(2)22-50-33(43)15-13-29(42-38(47)54-39(5,6)7)36(45)41-19-17-34(44)51-25(4)37(46)53-30-16-18-40(48)21-32(30)52-35-27-11-9-10-24(3)28(40)20-26(27)12-14-31(35)49-8/h12,14,16,23-25,28-29,32,48H,9-11,13,15,17-22H2,1-8H3,(H,41,45)(H,42,47)/t24?,25-,28-,29-,32+,40-/m0/s1. The number of rotatable bonds is 14. The van der Waals surface area contributed by atoms with Gasteiger partial charge in [-0.2, -0.15) is 0 Å². The van der Waals surface area contributed by atoms with Crippen molar-refractivity contribution in [3.8, 4) is 11.5 Å². The number of carbonyl (C=O) groups excluding carboxylic acids is 5. The molecular weight excluding hydrogens is 700 g/mol. The zero-order valence-electron chi connectivity index (χ0n) is 32.9. The molecule has 3 aliphatic rings. The summed E-state index contributed by atoms with van der Waals surface area (Å²) >= 11 is 0. The summed E-state index contributed by atoms with van der Waals surface area (Å²) in [6.45, 7) is 12.4. The summed E-state index contributed by atoms with van der Waals surface area (Å²) in [4.78, 5) is 63.6. The molecule has 0 aromatic heterocycles. The summed E-state index contributed by atoms with van der Waals surface area (Å²) in [7, 11) is 1.57. The maximum atomic E-state index is 13.3. The number of benzene rings is 1. The van der Waals surface area contributed by atoms with Gasteiger partial charge < -0.3 is 44.2 Å². The van der Waals surface area contributed by atoms with Crippen LogP contribution in [0, 0.1) is 17.8 Å². The Balaban J connectivity index is 1.35. The van der Waals surface area contributed by atoms with Crippen LogP contribution in [-0.4, -0.2) is 84.7 Å². The fourth-order valence-corrected chi connectivity index (χ4v) is 7.15. The Kier molecular flexibility index (Phi) is 14.4. The van der Waals surface area contributed by atoms with Gasteiger partial charge in [-0.15, -0.1) is 0 Å². The molecule has 54 heavy (non-hydrogen) atoms. The van der Waals surface area contributed by atoms with Gasteiger partial charge in [0.1, 0.15) is 17.4 Å². The Morgan fingerprint density at radius 3 is 2.50 bits per heavy atom. The van der Waals surface area contributed by atoms with Gasteiger partial charge >= 0.3 is 24.0 Å². The molecule has 2 amide bonds. The fourth-order valence-electron chi connectivity index (χ4n) is 7.15. The minimum atomic E-state index is -1.30. The van der Waals surface area contributed by atoms with Crippen molar-refractivity contribution in [1.82, 2.24) is 10.6 Å². The van der Waals surface area contributed by atoms with Gasteiger partial charge in [-0.1, -0.05) is 33.3 Å². The van der Waals surface area contributed by atoms with Gasteiger partial charge in [0.2, 0.25) is 5.91 Å². The predicted octanol–water partition coefficient (Wildman–Crippen LogP) is 4.85. The number of amides is 2. The third-order valence-corrected chi connectivity index (χ3v) is 9.93. The van der Waals surface area contributed by atoms with Gasteiger partial charge in [0.15, 0.2) is 23.7 Å². The Bertz CT molecular complexity index is 1570. The number of hydrogen-bond acceptors (Lipinski definition) is 12. The van der Waals surface area contributed by atoms with Crippen LogP contribution in [0.5, 0.6) is 11.5 Å². The number of nitrogens with one attached hydrogen (secondary N) is 2. The molecule has 0 radical (unpaired) electrons. The van der Waals surface area contributed by atoms with Gasteiger partial charge in [-0.05, 0) is 95.3 Å². The highest BCUT2D eigenvalue weighted by Crippen LogP contribution is 2.48. The van der Waals surface area contributed by atoms with Crippen molar-refractivity contribution in [2.45, 2.75) is 136 Å². The average molecular weight is 759 g/mol. The fraction of sp³-hybridized carbons (Fsp3) is 0.675. The second-order valence-electron chi connectivity index (χ2n) is 16.0. The molecule has 0 fully saturated rings. The van der Waals surface area contributed by atoms with Crippen LogP contribution in [0.15, 0.2) is 24.0 Å². The molecule has 0 spiro atoms. The van der Waals surface area contributed by atoms with Crippen molar-refractivity contribution >= 4 is 29.9 Å². The molecule has 0 saturated carbocycles. The first-order valence-corrected chi connectivity index (χ1v) is 19.0. The van der Waals surface area contributed by atoms with Crippen LogP contribution in [0.25, 0.3) is 0 Å². The molecule has 14 heteroatoms. The van der Waals surface area contributed by atoms with Gasteiger partial charge in [0.25, 0.3) is 0 Å². The van der Waals surface area contributed by atoms with E-state index in [-0.39, 0.29) is 68.8 Å². The molecule has 14 nitrogen and oxygen atoms in total. The molecule has 0 saturated heterocycles. The summed E-state index contributed by atoms with van der Waals surface area (Å²) in [5, 5.41) is 17.1. The Hall–Kier alpha value is -4.33. The Morgan fingerprint density at radius 2 is 1.81 bits per heavy atom. The van der Waals surface area contributed by atoms with Gasteiger partial charge in [0, 0.05) is 24.9 Å². The number of alkyl carbamates (subject to hydrolysis) is 1. The summed E-state index contributed by atoms with van der Waals surface area (Å²) in [5.41, 5.74) is 0.252. The summed E-state index contributed by atoms with van der Waals surface area (Å²) in [6.07, 6.45) is 2.14. The number of fused-ring (bicyclic) bond motifs is 4. The first-order chi connectivity index (χ1) is 25.4. The van der Waals surface area contributed by atoms with E-state index in [1.165, 1.54) is 6.92 Å². The van der Waals surface area contributed by atoms with Crippen molar-refractivity contribution < 1.29 is 57.5 Å². The normalized spacial score (nSPS) is 23.0.